The molecular weight excluding hydrogens is 444 g/mol. The van der Waals surface area contributed by atoms with E-state index < -0.39 is 23.4 Å². The summed E-state index contributed by atoms with van der Waals surface area (Å²) < 4.78 is 5.59. The number of piperidine rings is 1. The quantitative estimate of drug-likeness (QED) is 0.576. The number of rotatable bonds is 8. The molecular formula is C28H34N2O5. The Hall–Kier alpha value is -3.35. The Morgan fingerprint density at radius 1 is 1.09 bits per heavy atom. The molecule has 7 nitrogen and oxygen atoms in total. The predicted octanol–water partition coefficient (Wildman–Crippen LogP) is 4.65. The minimum atomic E-state index is -0.883. The van der Waals surface area contributed by atoms with Crippen LogP contribution in [0.4, 0.5) is 4.79 Å². The number of aliphatic carboxylic acids is 1. The topological polar surface area (TPSA) is 95.9 Å². The summed E-state index contributed by atoms with van der Waals surface area (Å²) in [6.07, 6.45) is 1.73. The van der Waals surface area contributed by atoms with Crippen molar-refractivity contribution in [2.24, 2.45) is 11.3 Å². The highest BCUT2D eigenvalue weighted by Gasteiger charge is 2.43. The van der Waals surface area contributed by atoms with Crippen LogP contribution in [0, 0.1) is 11.3 Å². The van der Waals surface area contributed by atoms with Gasteiger partial charge in [0.1, 0.15) is 6.61 Å². The van der Waals surface area contributed by atoms with Crippen LogP contribution in [0.1, 0.15) is 56.6 Å². The number of nitrogens with one attached hydrogen (secondary N) is 1. The molecule has 4 rings (SSSR count). The van der Waals surface area contributed by atoms with Gasteiger partial charge in [0.05, 0.1) is 11.3 Å². The van der Waals surface area contributed by atoms with E-state index in [-0.39, 0.29) is 31.5 Å². The Balaban J connectivity index is 1.33. The lowest BCUT2D eigenvalue weighted by Crippen LogP contribution is -2.52. The molecule has 0 bridgehead atoms. The number of likely N-dealkylation sites (tertiary alicyclic amines) is 1. The minimum Gasteiger partial charge on any atom is -0.481 e. The average molecular weight is 479 g/mol. The molecule has 2 unspecified atom stereocenters. The average Bonchev–Trinajstić information content (AvgIpc) is 3.21. The second kappa shape index (κ2) is 10.5. The molecule has 1 saturated heterocycles. The Labute approximate surface area is 206 Å². The summed E-state index contributed by atoms with van der Waals surface area (Å²) in [6.45, 7) is 4.91. The first-order valence-electron chi connectivity index (χ1n) is 12.5. The Morgan fingerprint density at radius 2 is 1.71 bits per heavy atom. The molecule has 2 atom stereocenters. The Kier molecular flexibility index (Phi) is 7.43. The van der Waals surface area contributed by atoms with Gasteiger partial charge < -0.3 is 20.1 Å². The van der Waals surface area contributed by atoms with E-state index in [0.29, 0.717) is 32.2 Å². The van der Waals surface area contributed by atoms with Gasteiger partial charge in [-0.05, 0) is 47.9 Å². The van der Waals surface area contributed by atoms with Gasteiger partial charge in [-0.2, -0.15) is 0 Å². The van der Waals surface area contributed by atoms with Crippen molar-refractivity contribution in [3.63, 3.8) is 0 Å². The molecule has 2 aromatic carbocycles. The maximum absolute atomic E-state index is 13.2. The van der Waals surface area contributed by atoms with Gasteiger partial charge in [-0.1, -0.05) is 62.4 Å². The summed E-state index contributed by atoms with van der Waals surface area (Å²) >= 11 is 0. The maximum atomic E-state index is 13.2. The summed E-state index contributed by atoms with van der Waals surface area (Å²) in [5.41, 5.74) is 3.74. The fourth-order valence-electron chi connectivity index (χ4n) is 5.45. The van der Waals surface area contributed by atoms with Gasteiger partial charge in [0.25, 0.3) is 0 Å². The van der Waals surface area contributed by atoms with Gasteiger partial charge in [-0.25, -0.2) is 4.79 Å². The standard InChI is InChI=1S/C28H34N2O5/c1-3-19(25(31)30-15-9-14-28(4-2,18-30)26(32)33)16-29-27(34)35-17-24-22-12-7-5-10-20(22)21-11-6-8-13-23(21)24/h5-8,10-13,19,24H,3-4,9,14-18H2,1-2H3,(H,29,34)(H,32,33). The number of hydrogen-bond acceptors (Lipinski definition) is 4. The highest BCUT2D eigenvalue weighted by molar-refractivity contribution is 5.82. The van der Waals surface area contributed by atoms with Crippen molar-refractivity contribution in [3.05, 3.63) is 59.7 Å². The first-order valence-corrected chi connectivity index (χ1v) is 12.5. The van der Waals surface area contributed by atoms with Crippen molar-refractivity contribution in [3.8, 4) is 11.1 Å². The van der Waals surface area contributed by atoms with Crippen LogP contribution in [-0.4, -0.2) is 54.2 Å². The zero-order valence-corrected chi connectivity index (χ0v) is 20.5. The zero-order chi connectivity index (χ0) is 25.0. The summed E-state index contributed by atoms with van der Waals surface area (Å²) in [7, 11) is 0. The lowest BCUT2D eigenvalue weighted by molar-refractivity contribution is -0.156. The lowest BCUT2D eigenvalue weighted by atomic mass is 9.77. The molecule has 2 aromatic rings. The van der Waals surface area contributed by atoms with Gasteiger partial charge >= 0.3 is 12.1 Å². The lowest BCUT2D eigenvalue weighted by Gasteiger charge is -2.40. The van der Waals surface area contributed by atoms with Crippen LogP contribution in [0.3, 0.4) is 0 Å². The van der Waals surface area contributed by atoms with Gasteiger partial charge in [0, 0.05) is 25.6 Å². The maximum Gasteiger partial charge on any atom is 0.407 e. The largest absolute Gasteiger partial charge is 0.481 e. The van der Waals surface area contributed by atoms with Crippen molar-refractivity contribution in [1.29, 1.82) is 0 Å². The van der Waals surface area contributed by atoms with Gasteiger partial charge in [-0.15, -0.1) is 0 Å². The van der Waals surface area contributed by atoms with E-state index in [1.807, 2.05) is 38.1 Å². The minimum absolute atomic E-state index is 0.0247. The number of carboxylic acid groups (broad SMARTS) is 1. The number of nitrogens with zero attached hydrogens (tertiary/aromatic N) is 1. The first kappa shape index (κ1) is 24.8. The van der Waals surface area contributed by atoms with Crippen molar-refractivity contribution in [1.82, 2.24) is 10.2 Å². The molecule has 1 heterocycles. The highest BCUT2D eigenvalue weighted by atomic mass is 16.5. The summed E-state index contributed by atoms with van der Waals surface area (Å²) in [5, 5.41) is 12.5. The van der Waals surface area contributed by atoms with Crippen LogP contribution in [0.5, 0.6) is 0 Å². The molecule has 0 aromatic heterocycles. The number of amides is 2. The SMILES string of the molecule is CCC(CNC(=O)OCC1c2ccccc2-c2ccccc21)C(=O)N1CCCC(CC)(C(=O)O)C1. The molecule has 1 fully saturated rings. The van der Waals surface area contributed by atoms with Gasteiger partial charge in [-0.3, -0.25) is 9.59 Å². The van der Waals surface area contributed by atoms with Crippen LogP contribution in [0.15, 0.2) is 48.5 Å². The number of fused-ring (bicyclic) bond motifs is 3. The molecule has 0 saturated carbocycles. The van der Waals surface area contributed by atoms with Crippen LogP contribution in [0.25, 0.3) is 11.1 Å². The van der Waals surface area contributed by atoms with Crippen LogP contribution in [-0.2, 0) is 14.3 Å². The van der Waals surface area contributed by atoms with E-state index in [9.17, 15) is 19.5 Å². The Bertz CT molecular complexity index is 1050. The van der Waals surface area contributed by atoms with E-state index in [2.05, 4.69) is 29.6 Å². The van der Waals surface area contributed by atoms with Crippen molar-refractivity contribution >= 4 is 18.0 Å². The molecule has 2 amide bonds. The number of carboxylic acids is 1. The molecule has 1 aliphatic heterocycles. The highest BCUT2D eigenvalue weighted by Crippen LogP contribution is 2.44. The number of hydrogen-bond donors (Lipinski definition) is 2. The molecule has 186 valence electrons. The molecule has 2 N–H and O–H groups in total. The molecule has 7 heteroatoms. The molecule has 0 radical (unpaired) electrons. The number of alkyl carbamates (subject to hydrolysis) is 1. The van der Waals surface area contributed by atoms with E-state index in [4.69, 9.17) is 4.74 Å². The summed E-state index contributed by atoms with van der Waals surface area (Å²) in [6, 6.07) is 16.3. The molecule has 2 aliphatic rings. The van der Waals surface area contributed by atoms with Gasteiger partial charge in [0.2, 0.25) is 5.91 Å². The number of carbonyl (C=O) groups excluding carboxylic acids is 2. The third-order valence-electron chi connectivity index (χ3n) is 7.70. The van der Waals surface area contributed by atoms with E-state index in [1.165, 1.54) is 11.1 Å². The zero-order valence-electron chi connectivity index (χ0n) is 20.5. The second-order valence-electron chi connectivity index (χ2n) is 9.61. The van der Waals surface area contributed by atoms with Crippen LogP contribution >= 0.6 is 0 Å². The summed E-state index contributed by atoms with van der Waals surface area (Å²) in [5.74, 6) is -1.40. The van der Waals surface area contributed by atoms with Crippen molar-refractivity contribution < 1.29 is 24.2 Å². The van der Waals surface area contributed by atoms with E-state index >= 15 is 0 Å². The van der Waals surface area contributed by atoms with Gasteiger partial charge in [0.15, 0.2) is 0 Å². The van der Waals surface area contributed by atoms with E-state index in [0.717, 1.165) is 11.1 Å². The van der Waals surface area contributed by atoms with Crippen molar-refractivity contribution in [2.45, 2.75) is 45.4 Å². The second-order valence-corrected chi connectivity index (χ2v) is 9.61. The van der Waals surface area contributed by atoms with Crippen LogP contribution in [0.2, 0.25) is 0 Å². The normalized spacial score (nSPS) is 20.0. The van der Waals surface area contributed by atoms with Crippen LogP contribution < -0.4 is 5.32 Å². The van der Waals surface area contributed by atoms with Crippen molar-refractivity contribution in [2.75, 3.05) is 26.2 Å². The molecule has 0 spiro atoms. The molecule has 35 heavy (non-hydrogen) atoms. The fraction of sp³-hybridized carbons (Fsp3) is 0.464. The monoisotopic (exact) mass is 478 g/mol. The number of ether oxygens (including phenoxy) is 1. The first-order chi connectivity index (χ1) is 16.9. The predicted molar refractivity (Wildman–Crippen MR) is 133 cm³/mol. The Morgan fingerprint density at radius 3 is 2.29 bits per heavy atom. The number of benzene rings is 2. The summed E-state index contributed by atoms with van der Waals surface area (Å²) in [4.78, 5) is 39.2. The third-order valence-corrected chi connectivity index (χ3v) is 7.70. The third kappa shape index (κ3) is 4.90. The molecule has 1 aliphatic carbocycles. The smallest absolute Gasteiger partial charge is 0.407 e. The van der Waals surface area contributed by atoms with E-state index in [1.54, 1.807) is 4.90 Å². The fourth-order valence-corrected chi connectivity index (χ4v) is 5.45. The number of carbonyl (C=O) groups is 3.